The summed E-state index contributed by atoms with van der Waals surface area (Å²) in [5, 5.41) is 0. The molecule has 0 aliphatic carbocycles. The van der Waals surface area contributed by atoms with Crippen LogP contribution >= 0.6 is 0 Å². The number of fused-ring (bicyclic) bond motifs is 3. The molecule has 100 valence electrons. The van der Waals surface area contributed by atoms with E-state index in [0.717, 1.165) is 31.2 Å². The van der Waals surface area contributed by atoms with Crippen molar-refractivity contribution in [3.63, 3.8) is 0 Å². The third-order valence-electron chi connectivity index (χ3n) is 4.13. The van der Waals surface area contributed by atoms with Gasteiger partial charge >= 0.3 is 0 Å². The van der Waals surface area contributed by atoms with Gasteiger partial charge in [0.1, 0.15) is 5.75 Å². The van der Waals surface area contributed by atoms with E-state index in [1.54, 1.807) is 0 Å². The van der Waals surface area contributed by atoms with Crippen molar-refractivity contribution in [1.82, 2.24) is 4.90 Å². The van der Waals surface area contributed by atoms with Gasteiger partial charge in [0, 0.05) is 19.0 Å². The molecule has 0 bridgehead atoms. The second kappa shape index (κ2) is 5.62. The summed E-state index contributed by atoms with van der Waals surface area (Å²) in [4.78, 5) is 2.44. The molecule has 0 amide bonds. The second-order valence-electron chi connectivity index (χ2n) is 5.53. The first kappa shape index (κ1) is 12.5. The van der Waals surface area contributed by atoms with Crippen LogP contribution in [-0.2, 0) is 0 Å². The molecule has 2 heteroatoms. The minimum Gasteiger partial charge on any atom is -0.493 e. The lowest BCUT2D eigenvalue weighted by atomic mass is 9.88. The summed E-state index contributed by atoms with van der Waals surface area (Å²) in [6.07, 6.45) is 1.16. The molecule has 1 fully saturated rings. The number of hydrogen-bond donors (Lipinski definition) is 0. The Bertz CT molecular complexity index is 498. The Morgan fingerprint density at radius 1 is 1.00 bits per heavy atom. The highest BCUT2D eigenvalue weighted by Gasteiger charge is 2.34. The Morgan fingerprint density at radius 3 is 2.58 bits per heavy atom. The summed E-state index contributed by atoms with van der Waals surface area (Å²) in [7, 11) is 2.22. The third-order valence-corrected chi connectivity index (χ3v) is 4.13. The van der Waals surface area contributed by atoms with Crippen molar-refractivity contribution in [1.29, 1.82) is 0 Å². The van der Waals surface area contributed by atoms with Crippen molar-refractivity contribution in [2.75, 3.05) is 26.7 Å². The van der Waals surface area contributed by atoms with Crippen LogP contribution < -0.4 is 4.74 Å². The number of likely N-dealkylation sites (N-methyl/N-ethyl adjacent to an activating group) is 1. The lowest BCUT2D eigenvalue weighted by Crippen LogP contribution is -2.15. The van der Waals surface area contributed by atoms with Gasteiger partial charge in [-0.15, -0.1) is 0 Å². The Balaban J connectivity index is 2.09. The number of hydrogen-bond acceptors (Lipinski definition) is 2. The third kappa shape index (κ3) is 2.74. The maximum Gasteiger partial charge on any atom is 0.122 e. The average Bonchev–Trinajstić information content (AvgIpc) is 2.69. The molecule has 0 aromatic heterocycles. The molecule has 1 aromatic carbocycles. The van der Waals surface area contributed by atoms with Gasteiger partial charge in [-0.25, -0.2) is 0 Å². The molecule has 2 unspecified atom stereocenters. The summed E-state index contributed by atoms with van der Waals surface area (Å²) in [6, 6.07) is 16.8. The Hall–Kier alpha value is -1.54. The molecule has 2 atom stereocenters. The van der Waals surface area contributed by atoms with E-state index in [1.165, 1.54) is 12.1 Å². The van der Waals surface area contributed by atoms with Gasteiger partial charge < -0.3 is 9.64 Å². The highest BCUT2D eigenvalue weighted by molar-refractivity contribution is 5.36. The molecule has 2 aliphatic heterocycles. The predicted molar refractivity (Wildman–Crippen MR) is 77.9 cm³/mol. The largest absolute Gasteiger partial charge is 0.493 e. The van der Waals surface area contributed by atoms with E-state index in [2.05, 4.69) is 48.3 Å². The lowest BCUT2D eigenvalue weighted by Gasteiger charge is -2.14. The van der Waals surface area contributed by atoms with Crippen molar-refractivity contribution in [2.24, 2.45) is 5.92 Å². The van der Waals surface area contributed by atoms with E-state index in [4.69, 9.17) is 4.74 Å². The zero-order chi connectivity index (χ0) is 13.1. The molecule has 2 heterocycles. The molecule has 0 saturated carbocycles. The van der Waals surface area contributed by atoms with E-state index in [-0.39, 0.29) is 0 Å². The predicted octanol–water partition coefficient (Wildman–Crippen LogP) is 3.24. The van der Waals surface area contributed by atoms with Crippen LogP contribution in [0.25, 0.3) is 0 Å². The van der Waals surface area contributed by atoms with Crippen LogP contribution in [-0.4, -0.2) is 31.6 Å². The summed E-state index contributed by atoms with van der Waals surface area (Å²) >= 11 is 0. The summed E-state index contributed by atoms with van der Waals surface area (Å²) in [6.45, 7) is 3.17. The molecule has 1 saturated heterocycles. The van der Waals surface area contributed by atoms with Gasteiger partial charge in [-0.1, -0.05) is 42.5 Å². The smallest absolute Gasteiger partial charge is 0.122 e. The van der Waals surface area contributed by atoms with Gasteiger partial charge in [-0.3, -0.25) is 0 Å². The zero-order valence-corrected chi connectivity index (χ0v) is 11.5. The van der Waals surface area contributed by atoms with Gasteiger partial charge in [0.15, 0.2) is 0 Å². The number of rotatable bonds is 0. The van der Waals surface area contributed by atoms with Crippen LogP contribution in [0.3, 0.4) is 0 Å². The minimum absolute atomic E-state index is 0.611. The van der Waals surface area contributed by atoms with Gasteiger partial charge in [-0.05, 0) is 31.0 Å². The SMILES string of the molecule is CN1CC2CCOc3ccccccccc3C2C1. The van der Waals surface area contributed by atoms with Crippen molar-refractivity contribution in [2.45, 2.75) is 12.3 Å². The van der Waals surface area contributed by atoms with E-state index in [0.29, 0.717) is 5.92 Å². The molecule has 2 nitrogen and oxygen atoms in total. The molecule has 0 radical (unpaired) electrons. The van der Waals surface area contributed by atoms with Crippen molar-refractivity contribution in [3.05, 3.63) is 54.1 Å². The van der Waals surface area contributed by atoms with E-state index in [9.17, 15) is 0 Å². The quantitative estimate of drug-likeness (QED) is 0.705. The van der Waals surface area contributed by atoms with Crippen LogP contribution in [0, 0.1) is 5.92 Å². The molecule has 3 rings (SSSR count). The topological polar surface area (TPSA) is 12.5 Å². The zero-order valence-electron chi connectivity index (χ0n) is 11.5. The average molecular weight is 255 g/mol. The summed E-state index contributed by atoms with van der Waals surface area (Å²) in [5.41, 5.74) is 1.36. The van der Waals surface area contributed by atoms with Crippen LogP contribution in [0.2, 0.25) is 0 Å². The van der Waals surface area contributed by atoms with Crippen LogP contribution in [0.1, 0.15) is 17.9 Å². The Morgan fingerprint density at radius 2 is 1.74 bits per heavy atom. The first-order valence-electron chi connectivity index (χ1n) is 7.08. The lowest BCUT2D eigenvalue weighted by molar-refractivity contribution is 0.286. The molecular formula is C17H21NO. The Kier molecular flexibility index (Phi) is 3.69. The normalized spacial score (nSPS) is 25.5. The van der Waals surface area contributed by atoms with Crippen molar-refractivity contribution >= 4 is 0 Å². The van der Waals surface area contributed by atoms with Gasteiger partial charge in [0.25, 0.3) is 0 Å². The van der Waals surface area contributed by atoms with Crippen LogP contribution in [0.15, 0.2) is 48.5 Å². The number of nitrogens with zero attached hydrogens (tertiary/aromatic N) is 1. The first-order chi connectivity index (χ1) is 9.34. The standard InChI is InChI=1S/C17H21NO/c1-18-12-14-10-11-19-17-9-7-5-3-2-4-6-8-15(17)16(14)13-18/h2-9,14,16H,10-13H2,1H3. The molecule has 19 heavy (non-hydrogen) atoms. The monoisotopic (exact) mass is 255 g/mol. The summed E-state index contributed by atoms with van der Waals surface area (Å²) < 4.78 is 5.98. The van der Waals surface area contributed by atoms with Gasteiger partial charge in [0.2, 0.25) is 0 Å². The minimum atomic E-state index is 0.611. The Labute approximate surface area is 115 Å². The van der Waals surface area contributed by atoms with E-state index < -0.39 is 0 Å². The fourth-order valence-electron chi connectivity index (χ4n) is 3.23. The van der Waals surface area contributed by atoms with Crippen LogP contribution in [0.5, 0.6) is 5.75 Å². The fraction of sp³-hybridized carbons (Fsp3) is 0.412. The van der Waals surface area contributed by atoms with Crippen molar-refractivity contribution in [3.8, 4) is 5.75 Å². The first-order valence-corrected chi connectivity index (χ1v) is 7.08. The summed E-state index contributed by atoms with van der Waals surface area (Å²) in [5.74, 6) is 2.40. The van der Waals surface area contributed by atoms with Crippen molar-refractivity contribution < 1.29 is 4.74 Å². The second-order valence-corrected chi connectivity index (χ2v) is 5.53. The number of ether oxygens (including phenoxy) is 1. The highest BCUT2D eigenvalue weighted by atomic mass is 16.5. The van der Waals surface area contributed by atoms with Gasteiger partial charge in [0.05, 0.1) is 6.61 Å². The molecule has 0 spiro atoms. The molecular weight excluding hydrogens is 234 g/mol. The molecule has 2 aliphatic rings. The number of likely N-dealkylation sites (tertiary alicyclic amines) is 1. The maximum atomic E-state index is 5.98. The van der Waals surface area contributed by atoms with E-state index >= 15 is 0 Å². The molecule has 1 aromatic rings. The molecule has 0 N–H and O–H groups in total. The fourth-order valence-corrected chi connectivity index (χ4v) is 3.23. The highest BCUT2D eigenvalue weighted by Crippen LogP contribution is 2.40. The van der Waals surface area contributed by atoms with E-state index in [1.807, 2.05) is 12.1 Å². The van der Waals surface area contributed by atoms with Gasteiger partial charge in [-0.2, -0.15) is 0 Å². The maximum absolute atomic E-state index is 5.98. The van der Waals surface area contributed by atoms with Crippen LogP contribution in [0.4, 0.5) is 0 Å².